The standard InChI is InChI=1S/C16H32N4O2/c1-3-22-13-7-10-19-16(17-2)20-12-11-18-15(21)14-8-5-4-6-9-14/h14H,3-13H2,1-2H3,(H,18,21)(H2,17,19,20). The van der Waals surface area contributed by atoms with Gasteiger partial charge in [0, 0.05) is 45.8 Å². The Morgan fingerprint density at radius 2 is 1.77 bits per heavy atom. The Labute approximate surface area is 134 Å². The molecule has 1 aliphatic carbocycles. The number of ether oxygens (including phenoxy) is 1. The lowest BCUT2D eigenvalue weighted by Gasteiger charge is -2.21. The fourth-order valence-corrected chi connectivity index (χ4v) is 2.62. The highest BCUT2D eigenvalue weighted by atomic mass is 16.5. The minimum atomic E-state index is 0.209. The number of nitrogens with zero attached hydrogens (tertiary/aromatic N) is 1. The lowest BCUT2D eigenvalue weighted by Crippen LogP contribution is -2.43. The van der Waals surface area contributed by atoms with E-state index < -0.39 is 0 Å². The van der Waals surface area contributed by atoms with Gasteiger partial charge in [0.15, 0.2) is 5.96 Å². The van der Waals surface area contributed by atoms with Gasteiger partial charge in [0.05, 0.1) is 0 Å². The first-order valence-electron chi connectivity index (χ1n) is 8.58. The summed E-state index contributed by atoms with van der Waals surface area (Å²) in [5, 5.41) is 9.44. The summed E-state index contributed by atoms with van der Waals surface area (Å²) < 4.78 is 5.28. The first kappa shape index (κ1) is 18.7. The number of carbonyl (C=O) groups excluding carboxylic acids is 1. The largest absolute Gasteiger partial charge is 0.382 e. The fourth-order valence-electron chi connectivity index (χ4n) is 2.62. The van der Waals surface area contributed by atoms with Crippen LogP contribution < -0.4 is 16.0 Å². The van der Waals surface area contributed by atoms with E-state index in [1.54, 1.807) is 7.05 Å². The van der Waals surface area contributed by atoms with Crippen LogP contribution in [0.5, 0.6) is 0 Å². The third-order valence-corrected chi connectivity index (χ3v) is 3.88. The van der Waals surface area contributed by atoms with Crippen LogP contribution in [0.2, 0.25) is 0 Å². The van der Waals surface area contributed by atoms with Crippen LogP contribution in [0.4, 0.5) is 0 Å². The van der Waals surface area contributed by atoms with Crippen LogP contribution in [-0.2, 0) is 9.53 Å². The topological polar surface area (TPSA) is 74.8 Å². The molecule has 3 N–H and O–H groups in total. The molecule has 0 radical (unpaired) electrons. The van der Waals surface area contributed by atoms with Crippen molar-refractivity contribution in [1.82, 2.24) is 16.0 Å². The van der Waals surface area contributed by atoms with Crippen LogP contribution >= 0.6 is 0 Å². The molecule has 0 spiro atoms. The minimum Gasteiger partial charge on any atom is -0.382 e. The molecule has 6 heteroatoms. The number of rotatable bonds is 9. The summed E-state index contributed by atoms with van der Waals surface area (Å²) in [6.07, 6.45) is 6.69. The summed E-state index contributed by atoms with van der Waals surface area (Å²) in [6, 6.07) is 0. The molecule has 22 heavy (non-hydrogen) atoms. The highest BCUT2D eigenvalue weighted by Gasteiger charge is 2.20. The van der Waals surface area contributed by atoms with Crippen molar-refractivity contribution in [3.8, 4) is 0 Å². The lowest BCUT2D eigenvalue weighted by atomic mass is 9.89. The zero-order valence-electron chi connectivity index (χ0n) is 14.1. The highest BCUT2D eigenvalue weighted by molar-refractivity contribution is 5.80. The molecule has 0 atom stereocenters. The average Bonchev–Trinajstić information content (AvgIpc) is 2.57. The number of carbonyl (C=O) groups is 1. The summed E-state index contributed by atoms with van der Waals surface area (Å²) >= 11 is 0. The lowest BCUT2D eigenvalue weighted by molar-refractivity contribution is -0.125. The SMILES string of the molecule is CCOCCCNC(=NC)NCCNC(=O)C1CCCCC1. The predicted octanol–water partition coefficient (Wildman–Crippen LogP) is 1.27. The van der Waals surface area contributed by atoms with E-state index in [0.717, 1.165) is 45.0 Å². The van der Waals surface area contributed by atoms with Crippen LogP contribution in [0.3, 0.4) is 0 Å². The fraction of sp³-hybridized carbons (Fsp3) is 0.875. The maximum Gasteiger partial charge on any atom is 0.223 e. The molecule has 1 rings (SSSR count). The molecular weight excluding hydrogens is 280 g/mol. The monoisotopic (exact) mass is 312 g/mol. The van der Waals surface area contributed by atoms with E-state index in [0.29, 0.717) is 13.1 Å². The molecule has 1 aliphatic rings. The average molecular weight is 312 g/mol. The first-order valence-corrected chi connectivity index (χ1v) is 8.58. The number of guanidine groups is 1. The Morgan fingerprint density at radius 3 is 2.45 bits per heavy atom. The van der Waals surface area contributed by atoms with E-state index in [2.05, 4.69) is 20.9 Å². The van der Waals surface area contributed by atoms with Crippen LogP contribution in [0, 0.1) is 5.92 Å². The van der Waals surface area contributed by atoms with Crippen molar-refractivity contribution in [3.63, 3.8) is 0 Å². The molecule has 1 amide bonds. The van der Waals surface area contributed by atoms with Crippen molar-refractivity contribution in [1.29, 1.82) is 0 Å². The Morgan fingerprint density at radius 1 is 1.09 bits per heavy atom. The highest BCUT2D eigenvalue weighted by Crippen LogP contribution is 2.23. The molecule has 128 valence electrons. The number of nitrogens with one attached hydrogen (secondary N) is 3. The van der Waals surface area contributed by atoms with Gasteiger partial charge in [0.1, 0.15) is 0 Å². The molecule has 0 unspecified atom stereocenters. The molecule has 0 aromatic heterocycles. The minimum absolute atomic E-state index is 0.209. The third-order valence-electron chi connectivity index (χ3n) is 3.88. The Kier molecular flexibility index (Phi) is 10.5. The van der Waals surface area contributed by atoms with Crippen molar-refractivity contribution in [3.05, 3.63) is 0 Å². The van der Waals surface area contributed by atoms with Crippen molar-refractivity contribution in [2.45, 2.75) is 45.4 Å². The van der Waals surface area contributed by atoms with E-state index in [9.17, 15) is 4.79 Å². The van der Waals surface area contributed by atoms with Crippen molar-refractivity contribution in [2.75, 3.05) is 39.9 Å². The van der Waals surface area contributed by atoms with Gasteiger partial charge in [-0.25, -0.2) is 0 Å². The van der Waals surface area contributed by atoms with Gasteiger partial charge in [-0.15, -0.1) is 0 Å². The molecule has 1 fully saturated rings. The van der Waals surface area contributed by atoms with Crippen molar-refractivity contribution in [2.24, 2.45) is 10.9 Å². The summed E-state index contributed by atoms with van der Waals surface area (Å²) in [5.74, 6) is 1.20. The molecule has 0 heterocycles. The molecule has 1 saturated carbocycles. The van der Waals surface area contributed by atoms with Crippen LogP contribution in [0.25, 0.3) is 0 Å². The van der Waals surface area contributed by atoms with Gasteiger partial charge in [0.25, 0.3) is 0 Å². The van der Waals surface area contributed by atoms with Crippen molar-refractivity contribution < 1.29 is 9.53 Å². The summed E-state index contributed by atoms with van der Waals surface area (Å²) in [7, 11) is 1.75. The number of aliphatic imine (C=N–C) groups is 1. The second kappa shape index (κ2) is 12.3. The van der Waals surface area contributed by atoms with Gasteiger partial charge in [-0.1, -0.05) is 19.3 Å². The van der Waals surface area contributed by atoms with E-state index in [4.69, 9.17) is 4.74 Å². The molecule has 6 nitrogen and oxygen atoms in total. The maximum absolute atomic E-state index is 12.0. The molecule has 0 aromatic rings. The van der Waals surface area contributed by atoms with Gasteiger partial charge in [-0.2, -0.15) is 0 Å². The summed E-state index contributed by atoms with van der Waals surface area (Å²) in [6.45, 7) is 5.66. The van der Waals surface area contributed by atoms with Gasteiger partial charge in [-0.3, -0.25) is 9.79 Å². The third kappa shape index (κ3) is 8.22. The molecule has 0 bridgehead atoms. The quantitative estimate of drug-likeness (QED) is 0.340. The van der Waals surface area contributed by atoms with Crippen molar-refractivity contribution >= 4 is 11.9 Å². The normalized spacial score (nSPS) is 16.4. The van der Waals surface area contributed by atoms with Crippen LogP contribution in [-0.4, -0.2) is 51.8 Å². The van der Waals surface area contributed by atoms with E-state index in [1.165, 1.54) is 19.3 Å². The smallest absolute Gasteiger partial charge is 0.223 e. The van der Waals surface area contributed by atoms with Gasteiger partial charge in [-0.05, 0) is 26.2 Å². The molecular formula is C16H32N4O2. The second-order valence-electron chi connectivity index (χ2n) is 5.60. The Balaban J connectivity index is 2.04. The van der Waals surface area contributed by atoms with Gasteiger partial charge in [0.2, 0.25) is 5.91 Å². The molecule has 0 saturated heterocycles. The number of hydrogen-bond donors (Lipinski definition) is 3. The Hall–Kier alpha value is -1.30. The number of hydrogen-bond acceptors (Lipinski definition) is 3. The van der Waals surface area contributed by atoms with E-state index in [1.807, 2.05) is 6.92 Å². The van der Waals surface area contributed by atoms with Crippen LogP contribution in [0.15, 0.2) is 4.99 Å². The van der Waals surface area contributed by atoms with Crippen LogP contribution in [0.1, 0.15) is 45.4 Å². The first-order chi connectivity index (χ1) is 10.8. The second-order valence-corrected chi connectivity index (χ2v) is 5.60. The zero-order chi connectivity index (χ0) is 16.0. The number of amides is 1. The Bertz CT molecular complexity index is 328. The summed E-state index contributed by atoms with van der Waals surface area (Å²) in [4.78, 5) is 16.1. The maximum atomic E-state index is 12.0. The predicted molar refractivity (Wildman–Crippen MR) is 90.1 cm³/mol. The zero-order valence-corrected chi connectivity index (χ0v) is 14.1. The molecule has 0 aromatic carbocycles. The van der Waals surface area contributed by atoms with Gasteiger partial charge < -0.3 is 20.7 Å². The summed E-state index contributed by atoms with van der Waals surface area (Å²) in [5.41, 5.74) is 0. The van der Waals surface area contributed by atoms with E-state index >= 15 is 0 Å². The van der Waals surface area contributed by atoms with E-state index in [-0.39, 0.29) is 11.8 Å². The van der Waals surface area contributed by atoms with Gasteiger partial charge >= 0.3 is 0 Å². The molecule has 0 aliphatic heterocycles.